The van der Waals surface area contributed by atoms with E-state index in [0.717, 1.165) is 0 Å². The van der Waals surface area contributed by atoms with Crippen molar-refractivity contribution in [1.29, 1.82) is 0 Å². The van der Waals surface area contributed by atoms with Crippen LogP contribution >= 0.6 is 0 Å². The van der Waals surface area contributed by atoms with Crippen molar-refractivity contribution in [2.45, 2.75) is 19.0 Å². The Bertz CT molecular complexity index is 216. The van der Waals surface area contributed by atoms with Gasteiger partial charge >= 0.3 is 12.1 Å². The lowest BCUT2D eigenvalue weighted by Crippen LogP contribution is -2.29. The van der Waals surface area contributed by atoms with Gasteiger partial charge in [-0.1, -0.05) is 0 Å². The molecule has 5 nitrogen and oxygen atoms in total. The van der Waals surface area contributed by atoms with Gasteiger partial charge in [-0.3, -0.25) is 14.4 Å². The molecule has 8 heteroatoms. The second-order valence-electron chi connectivity index (χ2n) is 2.32. The van der Waals surface area contributed by atoms with Crippen LogP contribution in [-0.4, -0.2) is 29.8 Å². The third-order valence-electron chi connectivity index (χ3n) is 0.988. The Kier molecular flexibility index (Phi) is 4.92. The summed E-state index contributed by atoms with van der Waals surface area (Å²) in [7, 11) is 0. The number of hydrogen-bond donors (Lipinski definition) is 2. The Morgan fingerprint density at radius 1 is 1.29 bits per heavy atom. The van der Waals surface area contributed by atoms with Crippen LogP contribution in [0.25, 0.3) is 0 Å². The van der Waals surface area contributed by atoms with E-state index in [1.165, 1.54) is 5.48 Å². The fraction of sp³-hybridized carbons (Fsp3) is 0.667. The molecule has 0 aromatic carbocycles. The van der Waals surface area contributed by atoms with E-state index in [2.05, 4.69) is 4.84 Å². The number of rotatable bonds is 5. The Morgan fingerprint density at radius 3 is 2.29 bits per heavy atom. The molecular weight excluding hydrogens is 207 g/mol. The van der Waals surface area contributed by atoms with Gasteiger partial charge in [0.15, 0.2) is 6.61 Å². The molecule has 0 spiro atoms. The predicted octanol–water partition coefficient (Wildman–Crippen LogP) is 0.461. The minimum absolute atomic E-state index is 0.423. The van der Waals surface area contributed by atoms with Gasteiger partial charge in [0.05, 0.1) is 6.42 Å². The number of carboxylic acids is 1. The Hall–Kier alpha value is -1.31. The van der Waals surface area contributed by atoms with E-state index in [1.807, 2.05) is 0 Å². The number of halogens is 3. The number of amides is 1. The highest BCUT2D eigenvalue weighted by molar-refractivity contribution is 5.79. The summed E-state index contributed by atoms with van der Waals surface area (Å²) in [5.41, 5.74) is 1.47. The van der Waals surface area contributed by atoms with Crippen molar-refractivity contribution in [2.24, 2.45) is 0 Å². The first kappa shape index (κ1) is 12.7. The standard InChI is InChI=1S/C6H8F3NO4/c7-6(8,9)3-14-10-4(11)1-2-5(12)13/h1-3H2,(H,10,11)(H,12,13). The van der Waals surface area contributed by atoms with Crippen LogP contribution < -0.4 is 5.48 Å². The van der Waals surface area contributed by atoms with Crippen LogP contribution in [-0.2, 0) is 14.4 Å². The van der Waals surface area contributed by atoms with Crippen LogP contribution in [0.2, 0.25) is 0 Å². The molecule has 0 bridgehead atoms. The van der Waals surface area contributed by atoms with Crippen LogP contribution in [0.5, 0.6) is 0 Å². The molecule has 0 fully saturated rings. The lowest BCUT2D eigenvalue weighted by Gasteiger charge is -2.07. The molecule has 0 aliphatic carbocycles. The molecule has 14 heavy (non-hydrogen) atoms. The number of hydroxylamine groups is 1. The molecule has 0 heterocycles. The molecule has 0 saturated heterocycles. The van der Waals surface area contributed by atoms with E-state index >= 15 is 0 Å². The van der Waals surface area contributed by atoms with Crippen molar-refractivity contribution < 1.29 is 32.7 Å². The molecule has 0 aromatic heterocycles. The summed E-state index contributed by atoms with van der Waals surface area (Å²) in [6, 6.07) is 0. The van der Waals surface area contributed by atoms with E-state index in [-0.39, 0.29) is 0 Å². The monoisotopic (exact) mass is 215 g/mol. The van der Waals surface area contributed by atoms with Crippen molar-refractivity contribution in [2.75, 3.05) is 6.61 Å². The van der Waals surface area contributed by atoms with Gasteiger partial charge < -0.3 is 5.11 Å². The topological polar surface area (TPSA) is 75.6 Å². The van der Waals surface area contributed by atoms with Gasteiger partial charge in [-0.15, -0.1) is 0 Å². The first-order chi connectivity index (χ1) is 6.31. The van der Waals surface area contributed by atoms with Crippen LogP contribution in [0.3, 0.4) is 0 Å². The summed E-state index contributed by atoms with van der Waals surface area (Å²) in [5, 5.41) is 8.12. The molecule has 0 aromatic rings. The highest BCUT2D eigenvalue weighted by Gasteiger charge is 2.28. The highest BCUT2D eigenvalue weighted by atomic mass is 19.4. The molecule has 0 atom stereocenters. The maximum absolute atomic E-state index is 11.4. The zero-order chi connectivity index (χ0) is 11.2. The fourth-order valence-electron chi connectivity index (χ4n) is 0.470. The lowest BCUT2D eigenvalue weighted by molar-refractivity contribution is -0.191. The summed E-state index contributed by atoms with van der Waals surface area (Å²) in [6.07, 6.45) is -5.41. The molecule has 0 saturated carbocycles. The first-order valence-corrected chi connectivity index (χ1v) is 3.50. The summed E-state index contributed by atoms with van der Waals surface area (Å²) in [5.74, 6) is -2.12. The van der Waals surface area contributed by atoms with Gasteiger partial charge in [0, 0.05) is 6.42 Å². The number of carbonyl (C=O) groups excluding carboxylic acids is 1. The van der Waals surface area contributed by atoms with E-state index in [0.29, 0.717) is 0 Å². The molecule has 0 aliphatic heterocycles. The number of hydrogen-bond acceptors (Lipinski definition) is 3. The lowest BCUT2D eigenvalue weighted by atomic mass is 10.3. The van der Waals surface area contributed by atoms with Gasteiger partial charge in [-0.05, 0) is 0 Å². The Morgan fingerprint density at radius 2 is 1.86 bits per heavy atom. The van der Waals surface area contributed by atoms with Crippen LogP contribution in [0.1, 0.15) is 12.8 Å². The number of alkyl halides is 3. The second kappa shape index (κ2) is 5.43. The molecule has 1 amide bonds. The van der Waals surface area contributed by atoms with Crippen molar-refractivity contribution in [3.8, 4) is 0 Å². The third kappa shape index (κ3) is 8.78. The third-order valence-corrected chi connectivity index (χ3v) is 0.988. The van der Waals surface area contributed by atoms with Gasteiger partial charge in [-0.25, -0.2) is 5.48 Å². The van der Waals surface area contributed by atoms with Crippen molar-refractivity contribution in [3.05, 3.63) is 0 Å². The summed E-state index contributed by atoms with van der Waals surface area (Å²) in [6.45, 7) is -1.61. The molecule has 0 unspecified atom stereocenters. The number of aliphatic carboxylic acids is 1. The number of carbonyl (C=O) groups is 2. The quantitative estimate of drug-likeness (QED) is 0.653. The van der Waals surface area contributed by atoms with Gasteiger partial charge in [0.2, 0.25) is 5.91 Å². The van der Waals surface area contributed by atoms with Crippen molar-refractivity contribution >= 4 is 11.9 Å². The predicted molar refractivity (Wildman–Crippen MR) is 37.0 cm³/mol. The average molecular weight is 215 g/mol. The zero-order valence-corrected chi connectivity index (χ0v) is 6.93. The van der Waals surface area contributed by atoms with Crippen LogP contribution in [0.15, 0.2) is 0 Å². The average Bonchev–Trinajstić information content (AvgIpc) is 1.98. The smallest absolute Gasteiger partial charge is 0.414 e. The van der Waals surface area contributed by atoms with E-state index in [4.69, 9.17) is 5.11 Å². The van der Waals surface area contributed by atoms with E-state index in [1.54, 1.807) is 0 Å². The summed E-state index contributed by atoms with van der Waals surface area (Å²) < 4.78 is 34.3. The fourth-order valence-corrected chi connectivity index (χ4v) is 0.470. The summed E-state index contributed by atoms with van der Waals surface area (Å²) in [4.78, 5) is 24.3. The maximum Gasteiger partial charge on any atom is 0.414 e. The van der Waals surface area contributed by atoms with Crippen molar-refractivity contribution in [3.63, 3.8) is 0 Å². The molecular formula is C6H8F3NO4. The van der Waals surface area contributed by atoms with Crippen molar-refractivity contribution in [1.82, 2.24) is 5.48 Å². The molecule has 0 aliphatic rings. The summed E-state index contributed by atoms with van der Waals surface area (Å²) >= 11 is 0. The van der Waals surface area contributed by atoms with Crippen LogP contribution in [0.4, 0.5) is 13.2 Å². The minimum Gasteiger partial charge on any atom is -0.481 e. The normalized spacial score (nSPS) is 11.1. The molecule has 0 rings (SSSR count). The van der Waals surface area contributed by atoms with Gasteiger partial charge in [0.1, 0.15) is 0 Å². The largest absolute Gasteiger partial charge is 0.481 e. The zero-order valence-electron chi connectivity index (χ0n) is 6.93. The number of carboxylic acid groups (broad SMARTS) is 1. The Balaban J connectivity index is 3.50. The molecule has 0 radical (unpaired) electrons. The number of nitrogens with one attached hydrogen (secondary N) is 1. The highest BCUT2D eigenvalue weighted by Crippen LogP contribution is 2.13. The Labute approximate surface area is 76.8 Å². The van der Waals surface area contributed by atoms with E-state index < -0.39 is 37.5 Å². The molecule has 2 N–H and O–H groups in total. The SMILES string of the molecule is O=C(O)CCC(=O)NOCC(F)(F)F. The first-order valence-electron chi connectivity index (χ1n) is 3.50. The van der Waals surface area contributed by atoms with E-state index in [9.17, 15) is 22.8 Å². The second-order valence-corrected chi connectivity index (χ2v) is 2.32. The van der Waals surface area contributed by atoms with Gasteiger partial charge in [0.25, 0.3) is 0 Å². The molecule has 82 valence electrons. The van der Waals surface area contributed by atoms with Crippen LogP contribution in [0, 0.1) is 0 Å². The van der Waals surface area contributed by atoms with Gasteiger partial charge in [-0.2, -0.15) is 13.2 Å². The maximum atomic E-state index is 11.4. The minimum atomic E-state index is -4.53.